The van der Waals surface area contributed by atoms with E-state index in [0.717, 1.165) is 23.1 Å². The normalized spacial score (nSPS) is 12.8. The third-order valence-electron chi connectivity index (χ3n) is 5.68. The summed E-state index contributed by atoms with van der Waals surface area (Å²) < 4.78 is 70.3. The van der Waals surface area contributed by atoms with Crippen molar-refractivity contribution in [1.82, 2.24) is 39.5 Å². The highest BCUT2D eigenvalue weighted by atomic mass is 79.9. The van der Waals surface area contributed by atoms with Crippen molar-refractivity contribution in [1.29, 1.82) is 0 Å². The van der Waals surface area contributed by atoms with Gasteiger partial charge in [0.2, 0.25) is 5.82 Å². The minimum Gasteiger partial charge on any atom is -0.383 e. The van der Waals surface area contributed by atoms with Gasteiger partial charge in [0.05, 0.1) is 22.2 Å². The Bertz CT molecular complexity index is 1610. The summed E-state index contributed by atoms with van der Waals surface area (Å²) in [4.78, 5) is 15.3. The van der Waals surface area contributed by atoms with Crippen LogP contribution in [0.2, 0.25) is 0 Å². The van der Waals surface area contributed by atoms with Gasteiger partial charge in [0.1, 0.15) is 29.2 Å². The van der Waals surface area contributed by atoms with Crippen molar-refractivity contribution in [3.8, 4) is 16.8 Å². The zero-order valence-electron chi connectivity index (χ0n) is 18.7. The number of nitrogen functional groups attached to an aromatic ring is 1. The lowest BCUT2D eigenvalue weighted by atomic mass is 10.1. The molecule has 0 amide bonds. The van der Waals surface area contributed by atoms with Gasteiger partial charge in [-0.1, -0.05) is 18.2 Å². The predicted octanol–water partition coefficient (Wildman–Crippen LogP) is 5.11. The van der Waals surface area contributed by atoms with Crippen molar-refractivity contribution in [2.75, 3.05) is 5.73 Å². The molecule has 0 aliphatic carbocycles. The largest absolute Gasteiger partial charge is 0.451 e. The van der Waals surface area contributed by atoms with Crippen molar-refractivity contribution in [2.45, 2.75) is 25.6 Å². The fraction of sp³-hybridized carbons (Fsp3) is 0.182. The molecule has 4 aromatic heterocycles. The lowest BCUT2D eigenvalue weighted by Gasteiger charge is -2.17. The summed E-state index contributed by atoms with van der Waals surface area (Å²) in [6.45, 7) is 1.86. The summed E-state index contributed by atoms with van der Waals surface area (Å²) in [5.74, 6) is -3.31. The molecule has 9 nitrogen and oxygen atoms in total. The zero-order valence-corrected chi connectivity index (χ0v) is 20.3. The first-order chi connectivity index (χ1) is 17.6. The van der Waals surface area contributed by atoms with Gasteiger partial charge in [-0.05, 0) is 34.5 Å². The molecule has 0 saturated heterocycles. The summed E-state index contributed by atoms with van der Waals surface area (Å²) in [7, 11) is 0. The summed E-state index contributed by atoms with van der Waals surface area (Å²) >= 11 is 3.53. The number of benzene rings is 1. The van der Waals surface area contributed by atoms with E-state index in [4.69, 9.17) is 5.73 Å². The molecule has 37 heavy (non-hydrogen) atoms. The molecular weight excluding hydrogens is 565 g/mol. The Kier molecular flexibility index (Phi) is 6.09. The first-order valence-corrected chi connectivity index (χ1v) is 11.5. The van der Waals surface area contributed by atoms with E-state index in [0.29, 0.717) is 33.3 Å². The van der Waals surface area contributed by atoms with Crippen LogP contribution in [0.3, 0.4) is 0 Å². The summed E-state index contributed by atoms with van der Waals surface area (Å²) in [6, 6.07) is 3.15. The van der Waals surface area contributed by atoms with Gasteiger partial charge in [0, 0.05) is 23.5 Å². The minimum absolute atomic E-state index is 0.0830. The molecule has 0 saturated carbocycles. The second-order valence-electron chi connectivity index (χ2n) is 7.87. The molecule has 0 fully saturated rings. The highest BCUT2D eigenvalue weighted by Crippen LogP contribution is 2.43. The molecule has 2 N–H and O–H groups in total. The van der Waals surface area contributed by atoms with Crippen LogP contribution in [0, 0.1) is 11.6 Å². The Morgan fingerprint density at radius 2 is 1.81 bits per heavy atom. The summed E-state index contributed by atoms with van der Waals surface area (Å²) in [5.41, 5.74) is 7.39. The Morgan fingerprint density at radius 1 is 1.08 bits per heavy atom. The number of anilines is 1. The predicted molar refractivity (Wildman–Crippen MR) is 125 cm³/mol. The van der Waals surface area contributed by atoms with E-state index in [1.165, 1.54) is 24.7 Å². The average molecular weight is 580 g/mol. The maximum Gasteiger partial charge on any atom is 0.451 e. The van der Waals surface area contributed by atoms with E-state index >= 15 is 0 Å². The van der Waals surface area contributed by atoms with E-state index < -0.39 is 29.7 Å². The molecule has 0 radical (unpaired) electrons. The SMILES string of the molecule is CCC(c1cn(-c2cccc(F)c2F)nn1)n1c(Br)c(-c2cnc(C(F)(F)F)nc2)c2c(N)ncnc21. The van der Waals surface area contributed by atoms with Gasteiger partial charge in [-0.2, -0.15) is 13.2 Å². The average Bonchev–Trinajstić information content (AvgIpc) is 3.45. The monoisotopic (exact) mass is 579 g/mol. The Labute approximate surface area is 213 Å². The summed E-state index contributed by atoms with van der Waals surface area (Å²) in [5, 5.41) is 8.48. The minimum atomic E-state index is -4.70. The Balaban J connectivity index is 1.67. The standard InChI is InChI=1S/C22H15BrF5N9/c1-2-13(12-8-36(35-34-12)14-5-3-4-11(24)17(14)25)37-18(23)15(16-19(29)32-9-33-20(16)37)10-6-30-21(31-7-10)22(26,27)28/h3-9,13H,2H2,1H3,(H2,29,32,33). The van der Waals surface area contributed by atoms with Gasteiger partial charge < -0.3 is 10.3 Å². The molecule has 1 unspecified atom stereocenters. The van der Waals surface area contributed by atoms with Crippen LogP contribution < -0.4 is 5.73 Å². The number of aromatic nitrogens is 8. The number of nitrogens with two attached hydrogens (primary N) is 1. The quantitative estimate of drug-likeness (QED) is 0.288. The third kappa shape index (κ3) is 4.18. The fourth-order valence-corrected chi connectivity index (χ4v) is 4.86. The van der Waals surface area contributed by atoms with Gasteiger partial charge in [-0.3, -0.25) is 0 Å². The van der Waals surface area contributed by atoms with Crippen LogP contribution in [-0.2, 0) is 6.18 Å². The maximum absolute atomic E-state index is 14.3. The van der Waals surface area contributed by atoms with Crippen molar-refractivity contribution in [3.63, 3.8) is 0 Å². The third-order valence-corrected chi connectivity index (χ3v) is 6.45. The smallest absolute Gasteiger partial charge is 0.383 e. The van der Waals surface area contributed by atoms with Crippen molar-refractivity contribution in [2.24, 2.45) is 0 Å². The second kappa shape index (κ2) is 9.14. The van der Waals surface area contributed by atoms with Crippen LogP contribution in [0.25, 0.3) is 27.8 Å². The van der Waals surface area contributed by atoms with E-state index in [-0.39, 0.29) is 17.1 Å². The number of fused-ring (bicyclic) bond motifs is 1. The molecule has 0 aliphatic heterocycles. The van der Waals surface area contributed by atoms with E-state index in [1.807, 2.05) is 6.92 Å². The molecule has 190 valence electrons. The molecule has 1 atom stereocenters. The van der Waals surface area contributed by atoms with Gasteiger partial charge in [0.25, 0.3) is 0 Å². The Hall–Kier alpha value is -4.01. The van der Waals surface area contributed by atoms with Crippen molar-refractivity contribution in [3.05, 3.63) is 70.9 Å². The zero-order chi connectivity index (χ0) is 26.5. The number of alkyl halides is 3. The summed E-state index contributed by atoms with van der Waals surface area (Å²) in [6.07, 6.45) is 0.521. The molecule has 0 aliphatic rings. The van der Waals surface area contributed by atoms with Crippen LogP contribution in [0.1, 0.15) is 30.9 Å². The number of hydrogen-bond donors (Lipinski definition) is 1. The molecular formula is C22H15BrF5N9. The first-order valence-electron chi connectivity index (χ1n) is 10.7. The van der Waals surface area contributed by atoms with Crippen molar-refractivity contribution >= 4 is 32.8 Å². The maximum atomic E-state index is 14.3. The second-order valence-corrected chi connectivity index (χ2v) is 8.62. The number of nitrogens with zero attached hydrogens (tertiary/aromatic N) is 8. The molecule has 0 spiro atoms. The van der Waals surface area contributed by atoms with Gasteiger partial charge in [-0.15, -0.1) is 5.10 Å². The number of rotatable bonds is 5. The number of hydrogen-bond acceptors (Lipinski definition) is 7. The highest BCUT2D eigenvalue weighted by Gasteiger charge is 2.35. The molecule has 1 aromatic carbocycles. The van der Waals surface area contributed by atoms with Crippen LogP contribution in [0.5, 0.6) is 0 Å². The van der Waals surface area contributed by atoms with Crippen LogP contribution >= 0.6 is 15.9 Å². The van der Waals surface area contributed by atoms with Gasteiger partial charge >= 0.3 is 6.18 Å². The molecule has 15 heteroatoms. The van der Waals surface area contributed by atoms with E-state index in [2.05, 4.69) is 46.2 Å². The Morgan fingerprint density at radius 3 is 2.49 bits per heavy atom. The van der Waals surface area contributed by atoms with Crippen LogP contribution in [0.4, 0.5) is 27.8 Å². The fourth-order valence-electron chi connectivity index (χ4n) is 4.02. The van der Waals surface area contributed by atoms with Crippen molar-refractivity contribution < 1.29 is 22.0 Å². The highest BCUT2D eigenvalue weighted by molar-refractivity contribution is 9.10. The molecule has 5 aromatic rings. The van der Waals surface area contributed by atoms with Gasteiger partial charge in [0.15, 0.2) is 11.6 Å². The van der Waals surface area contributed by atoms with Gasteiger partial charge in [-0.25, -0.2) is 33.4 Å². The lowest BCUT2D eigenvalue weighted by molar-refractivity contribution is -0.144. The first kappa shape index (κ1) is 24.7. The topological polar surface area (TPSA) is 113 Å². The lowest BCUT2D eigenvalue weighted by Crippen LogP contribution is -2.12. The molecule has 5 rings (SSSR count). The molecule has 4 heterocycles. The molecule has 0 bridgehead atoms. The number of halogens is 6. The van der Waals surface area contributed by atoms with Crippen LogP contribution in [-0.4, -0.2) is 39.5 Å². The van der Waals surface area contributed by atoms with E-state index in [9.17, 15) is 22.0 Å². The van der Waals surface area contributed by atoms with Crippen LogP contribution in [0.15, 0.2) is 47.7 Å². The van der Waals surface area contributed by atoms with E-state index in [1.54, 1.807) is 4.57 Å².